The van der Waals surface area contributed by atoms with E-state index < -0.39 is 0 Å². The van der Waals surface area contributed by atoms with Gasteiger partial charge in [0.25, 0.3) is 0 Å². The first-order chi connectivity index (χ1) is 9.06. The second kappa shape index (κ2) is 7.98. The Bertz CT molecular complexity index is 429. The summed E-state index contributed by atoms with van der Waals surface area (Å²) in [5.41, 5.74) is 3.07. The highest BCUT2D eigenvalue weighted by atomic mass is 16.5. The summed E-state index contributed by atoms with van der Waals surface area (Å²) >= 11 is 0. The third-order valence-electron chi connectivity index (χ3n) is 3.16. The van der Waals surface area contributed by atoms with Gasteiger partial charge in [-0.25, -0.2) is 0 Å². The highest BCUT2D eigenvalue weighted by Crippen LogP contribution is 2.12. The summed E-state index contributed by atoms with van der Waals surface area (Å²) in [7, 11) is 1.93. The van der Waals surface area contributed by atoms with E-state index in [-0.39, 0.29) is 0 Å². The lowest BCUT2D eigenvalue weighted by Crippen LogP contribution is -2.17. The van der Waals surface area contributed by atoms with Crippen molar-refractivity contribution in [2.75, 3.05) is 19.8 Å². The topological polar surface area (TPSA) is 50.0 Å². The molecule has 0 radical (unpaired) electrons. The molecule has 4 nitrogen and oxygen atoms in total. The number of rotatable bonds is 8. The highest BCUT2D eigenvalue weighted by molar-refractivity contribution is 5.33. The summed E-state index contributed by atoms with van der Waals surface area (Å²) in [6.45, 7) is 9.75. The Balaban J connectivity index is 2.22. The smallest absolute Gasteiger partial charge is 0.120 e. The van der Waals surface area contributed by atoms with Crippen molar-refractivity contribution in [1.29, 1.82) is 5.26 Å². The van der Waals surface area contributed by atoms with Crippen molar-refractivity contribution < 1.29 is 4.74 Å². The lowest BCUT2D eigenvalue weighted by atomic mass is 10.2. The lowest BCUT2D eigenvalue weighted by Gasteiger charge is -2.08. The van der Waals surface area contributed by atoms with E-state index >= 15 is 0 Å². The molecule has 0 atom stereocenters. The lowest BCUT2D eigenvalue weighted by molar-refractivity contribution is 0.108. The molecule has 0 unspecified atom stereocenters. The molecule has 1 heterocycles. The van der Waals surface area contributed by atoms with Gasteiger partial charge in [0, 0.05) is 32.5 Å². The van der Waals surface area contributed by atoms with E-state index in [2.05, 4.69) is 25.2 Å². The molecule has 4 heteroatoms. The molecule has 0 saturated carbocycles. The molecule has 1 N–H and O–H groups in total. The van der Waals surface area contributed by atoms with Gasteiger partial charge < -0.3 is 14.6 Å². The van der Waals surface area contributed by atoms with Crippen molar-refractivity contribution in [1.82, 2.24) is 9.88 Å². The predicted molar refractivity (Wildman–Crippen MR) is 76.8 cm³/mol. The third-order valence-corrected chi connectivity index (χ3v) is 3.16. The van der Waals surface area contributed by atoms with E-state index in [1.54, 1.807) is 0 Å². The normalized spacial score (nSPS) is 10.9. The summed E-state index contributed by atoms with van der Waals surface area (Å²) < 4.78 is 7.46. The van der Waals surface area contributed by atoms with E-state index in [1.165, 1.54) is 5.56 Å². The van der Waals surface area contributed by atoms with Gasteiger partial charge in [-0.15, -0.1) is 0 Å². The van der Waals surface area contributed by atoms with Crippen LogP contribution in [0.3, 0.4) is 0 Å². The third kappa shape index (κ3) is 5.06. The molecular formula is C15H25N3O. The SMILES string of the molecule is Cc1c(CNCCCOCC(C)C)cc(C#N)n1C. The van der Waals surface area contributed by atoms with Crippen molar-refractivity contribution in [3.63, 3.8) is 0 Å². The quantitative estimate of drug-likeness (QED) is 0.732. The Labute approximate surface area is 116 Å². The number of nitrogens with zero attached hydrogens (tertiary/aromatic N) is 2. The van der Waals surface area contributed by atoms with Crippen LogP contribution in [-0.2, 0) is 18.3 Å². The van der Waals surface area contributed by atoms with Crippen molar-refractivity contribution in [3.8, 4) is 6.07 Å². The van der Waals surface area contributed by atoms with E-state index in [9.17, 15) is 0 Å². The molecule has 0 spiro atoms. The van der Waals surface area contributed by atoms with Crippen molar-refractivity contribution in [3.05, 3.63) is 23.0 Å². The van der Waals surface area contributed by atoms with E-state index in [0.717, 1.165) is 44.1 Å². The summed E-state index contributed by atoms with van der Waals surface area (Å²) in [5.74, 6) is 0.601. The van der Waals surface area contributed by atoms with Crippen molar-refractivity contribution in [2.45, 2.75) is 33.7 Å². The monoisotopic (exact) mass is 263 g/mol. The second-order valence-electron chi connectivity index (χ2n) is 5.31. The van der Waals surface area contributed by atoms with Gasteiger partial charge in [-0.05, 0) is 37.4 Å². The number of hydrogen-bond acceptors (Lipinski definition) is 3. The molecule has 0 aliphatic heterocycles. The predicted octanol–water partition coefficient (Wildman–Crippen LogP) is 2.36. The van der Waals surface area contributed by atoms with Crippen LogP contribution in [0, 0.1) is 24.2 Å². The molecule has 0 saturated heterocycles. The summed E-state index contributed by atoms with van der Waals surface area (Å²) in [5, 5.41) is 12.4. The second-order valence-corrected chi connectivity index (χ2v) is 5.31. The van der Waals surface area contributed by atoms with Gasteiger partial charge in [-0.2, -0.15) is 5.26 Å². The van der Waals surface area contributed by atoms with E-state index in [1.807, 2.05) is 24.6 Å². The van der Waals surface area contributed by atoms with Crippen LogP contribution < -0.4 is 5.32 Å². The highest BCUT2D eigenvalue weighted by Gasteiger charge is 2.07. The van der Waals surface area contributed by atoms with Gasteiger partial charge in [-0.3, -0.25) is 0 Å². The Morgan fingerprint density at radius 2 is 2.21 bits per heavy atom. The Kier molecular flexibility index (Phi) is 6.61. The largest absolute Gasteiger partial charge is 0.381 e. The van der Waals surface area contributed by atoms with Gasteiger partial charge in [0.2, 0.25) is 0 Å². The number of nitriles is 1. The number of nitrogens with one attached hydrogen (secondary N) is 1. The zero-order valence-corrected chi connectivity index (χ0v) is 12.5. The van der Waals surface area contributed by atoms with Crippen LogP contribution in [0.2, 0.25) is 0 Å². The van der Waals surface area contributed by atoms with E-state index in [0.29, 0.717) is 5.92 Å². The molecule has 1 aromatic rings. The fraction of sp³-hybridized carbons (Fsp3) is 0.667. The minimum atomic E-state index is 0.601. The molecule has 106 valence electrons. The molecule has 19 heavy (non-hydrogen) atoms. The molecule has 0 aliphatic carbocycles. The standard InChI is InChI=1S/C15H25N3O/c1-12(2)11-19-7-5-6-17-10-14-8-15(9-16)18(4)13(14)3/h8,12,17H,5-7,10-11H2,1-4H3. The maximum absolute atomic E-state index is 8.96. The van der Waals surface area contributed by atoms with Crippen molar-refractivity contribution >= 4 is 0 Å². The maximum atomic E-state index is 8.96. The molecule has 1 aromatic heterocycles. The zero-order valence-electron chi connectivity index (χ0n) is 12.5. The minimum absolute atomic E-state index is 0.601. The van der Waals surface area contributed by atoms with Crippen LogP contribution in [0.1, 0.15) is 37.2 Å². The first-order valence-corrected chi connectivity index (χ1v) is 6.90. The molecular weight excluding hydrogens is 238 g/mol. The molecule has 0 amide bonds. The van der Waals surface area contributed by atoms with Crippen LogP contribution in [0.5, 0.6) is 0 Å². The summed E-state index contributed by atoms with van der Waals surface area (Å²) in [6.07, 6.45) is 1.02. The minimum Gasteiger partial charge on any atom is -0.381 e. The van der Waals surface area contributed by atoms with Crippen LogP contribution in [0.4, 0.5) is 0 Å². The Morgan fingerprint density at radius 3 is 2.79 bits per heavy atom. The number of ether oxygens (including phenoxy) is 1. The molecule has 0 aliphatic rings. The van der Waals surface area contributed by atoms with Gasteiger partial charge in [0.1, 0.15) is 11.8 Å². The van der Waals surface area contributed by atoms with Gasteiger partial charge in [0.05, 0.1) is 0 Å². The molecule has 1 rings (SSSR count). The van der Waals surface area contributed by atoms with Crippen LogP contribution >= 0.6 is 0 Å². The zero-order chi connectivity index (χ0) is 14.3. The van der Waals surface area contributed by atoms with Gasteiger partial charge in [-0.1, -0.05) is 13.8 Å². The van der Waals surface area contributed by atoms with Gasteiger partial charge in [0.15, 0.2) is 0 Å². The maximum Gasteiger partial charge on any atom is 0.120 e. The van der Waals surface area contributed by atoms with Crippen LogP contribution in [0.25, 0.3) is 0 Å². The first kappa shape index (κ1) is 15.7. The summed E-state index contributed by atoms with van der Waals surface area (Å²) in [6, 6.07) is 4.16. The molecule has 0 fully saturated rings. The average Bonchev–Trinajstić information content (AvgIpc) is 2.65. The number of aromatic nitrogens is 1. The Hall–Kier alpha value is -1.31. The van der Waals surface area contributed by atoms with Gasteiger partial charge >= 0.3 is 0 Å². The first-order valence-electron chi connectivity index (χ1n) is 6.90. The Morgan fingerprint density at radius 1 is 1.47 bits per heavy atom. The van der Waals surface area contributed by atoms with E-state index in [4.69, 9.17) is 10.00 Å². The summed E-state index contributed by atoms with van der Waals surface area (Å²) in [4.78, 5) is 0. The molecule has 0 bridgehead atoms. The van der Waals surface area contributed by atoms with Crippen LogP contribution in [0.15, 0.2) is 6.07 Å². The fourth-order valence-corrected chi connectivity index (χ4v) is 1.89. The fourth-order valence-electron chi connectivity index (χ4n) is 1.89. The average molecular weight is 263 g/mol. The molecule has 0 aromatic carbocycles. The van der Waals surface area contributed by atoms with Crippen molar-refractivity contribution in [2.24, 2.45) is 13.0 Å². The number of hydrogen-bond donors (Lipinski definition) is 1. The van der Waals surface area contributed by atoms with Crippen LogP contribution in [-0.4, -0.2) is 24.3 Å².